The van der Waals surface area contributed by atoms with Crippen LogP contribution in [-0.2, 0) is 22.8 Å². The molecule has 2 aromatic heterocycles. The number of hydrogen-bond acceptors (Lipinski definition) is 10. The van der Waals surface area contributed by atoms with Crippen LogP contribution in [0.3, 0.4) is 0 Å². The zero-order chi connectivity index (χ0) is 24.0. The summed E-state index contributed by atoms with van der Waals surface area (Å²) in [7, 11) is -5.46. The molecule has 0 radical (unpaired) electrons. The van der Waals surface area contributed by atoms with Gasteiger partial charge in [0.1, 0.15) is 19.0 Å². The van der Waals surface area contributed by atoms with Crippen molar-refractivity contribution in [1.82, 2.24) is 19.7 Å². The van der Waals surface area contributed by atoms with Crippen LogP contribution in [-0.4, -0.2) is 60.5 Å². The van der Waals surface area contributed by atoms with Crippen LogP contribution in [0, 0.1) is 0 Å². The number of fused-ring (bicyclic) bond motifs is 1. The number of hydrogen-bond donors (Lipinski definition) is 1. The SMILES string of the molecule is CCOP(=O)(COCCC(On1cnc2c(N)ncnc21)O[Si](C)(C)C(C)(C)C)OCC. The molecule has 0 aliphatic rings. The Hall–Kier alpha value is -1.56. The summed E-state index contributed by atoms with van der Waals surface area (Å²) < 4.78 is 36.6. The Labute approximate surface area is 190 Å². The summed E-state index contributed by atoms with van der Waals surface area (Å²) in [5, 5.41) is -0.0291. The minimum absolute atomic E-state index is 0.0291. The fourth-order valence-corrected chi connectivity index (χ4v) is 5.07. The van der Waals surface area contributed by atoms with Crippen molar-refractivity contribution in [1.29, 1.82) is 0 Å². The van der Waals surface area contributed by atoms with Crippen molar-refractivity contribution in [3.63, 3.8) is 0 Å². The van der Waals surface area contributed by atoms with Crippen LogP contribution in [0.4, 0.5) is 5.82 Å². The molecule has 0 spiro atoms. The maximum atomic E-state index is 12.6. The number of ether oxygens (including phenoxy) is 1. The van der Waals surface area contributed by atoms with Crippen molar-refractivity contribution in [2.24, 2.45) is 0 Å². The first-order valence-electron chi connectivity index (χ1n) is 10.7. The smallest absolute Gasteiger partial charge is 0.356 e. The van der Waals surface area contributed by atoms with Crippen molar-refractivity contribution in [3.8, 4) is 0 Å². The van der Waals surface area contributed by atoms with E-state index in [0.29, 0.717) is 17.6 Å². The molecule has 2 rings (SSSR count). The molecule has 0 amide bonds. The van der Waals surface area contributed by atoms with Crippen LogP contribution in [0.1, 0.15) is 41.0 Å². The first-order valence-corrected chi connectivity index (χ1v) is 15.3. The van der Waals surface area contributed by atoms with Crippen LogP contribution in [0.5, 0.6) is 0 Å². The van der Waals surface area contributed by atoms with Crippen molar-refractivity contribution >= 4 is 32.9 Å². The summed E-state index contributed by atoms with van der Waals surface area (Å²) in [5.74, 6) is 0.269. The third kappa shape index (κ3) is 6.97. The van der Waals surface area contributed by atoms with E-state index < -0.39 is 22.2 Å². The van der Waals surface area contributed by atoms with E-state index in [-0.39, 0.29) is 37.0 Å². The molecule has 182 valence electrons. The average Bonchev–Trinajstić information content (AvgIpc) is 3.08. The number of nitrogen functional groups attached to an aromatic ring is 1. The molecule has 1 unspecified atom stereocenters. The molecule has 0 bridgehead atoms. The fraction of sp³-hybridized carbons (Fsp3) is 0.737. The summed E-state index contributed by atoms with van der Waals surface area (Å²) in [6.07, 6.45) is 2.43. The van der Waals surface area contributed by atoms with E-state index in [1.54, 1.807) is 13.8 Å². The Kier molecular flexibility index (Phi) is 9.21. The molecular formula is C19H36N5O6PSi. The van der Waals surface area contributed by atoms with Gasteiger partial charge in [-0.2, -0.15) is 0 Å². The maximum Gasteiger partial charge on any atom is 0.356 e. The van der Waals surface area contributed by atoms with E-state index in [0.717, 1.165) is 0 Å². The molecule has 0 saturated carbocycles. The topological polar surface area (TPSA) is 133 Å². The summed E-state index contributed by atoms with van der Waals surface area (Å²) in [6.45, 7) is 15.0. The first-order chi connectivity index (χ1) is 14.9. The second-order valence-corrected chi connectivity index (χ2v) is 15.4. The van der Waals surface area contributed by atoms with E-state index in [4.69, 9.17) is 28.8 Å². The normalized spacial score (nSPS) is 14.1. The number of aromatic nitrogens is 4. The van der Waals surface area contributed by atoms with Gasteiger partial charge in [-0.3, -0.25) is 4.57 Å². The predicted molar refractivity (Wildman–Crippen MR) is 125 cm³/mol. The van der Waals surface area contributed by atoms with E-state index in [9.17, 15) is 4.57 Å². The zero-order valence-corrected chi connectivity index (χ0v) is 21.9. The lowest BCUT2D eigenvalue weighted by Crippen LogP contribution is -2.47. The monoisotopic (exact) mass is 489 g/mol. The van der Waals surface area contributed by atoms with E-state index in [1.807, 2.05) is 0 Å². The first kappa shape index (κ1) is 26.7. The number of nitrogens with zero attached hydrogens (tertiary/aromatic N) is 4. The third-order valence-electron chi connectivity index (χ3n) is 5.19. The van der Waals surface area contributed by atoms with Crippen LogP contribution in [0.25, 0.3) is 11.2 Å². The number of nitrogens with two attached hydrogens (primary N) is 1. The van der Waals surface area contributed by atoms with E-state index >= 15 is 0 Å². The van der Waals surface area contributed by atoms with E-state index in [1.165, 1.54) is 17.4 Å². The van der Waals surface area contributed by atoms with Gasteiger partial charge in [0, 0.05) is 6.42 Å². The van der Waals surface area contributed by atoms with Gasteiger partial charge in [-0.25, -0.2) is 15.0 Å². The molecule has 1 atom stereocenters. The Balaban J connectivity index is 2.12. The lowest BCUT2D eigenvalue weighted by molar-refractivity contribution is -0.103. The number of imidazole rings is 1. The second kappa shape index (κ2) is 11.0. The summed E-state index contributed by atoms with van der Waals surface area (Å²) in [4.78, 5) is 18.5. The third-order valence-corrected chi connectivity index (χ3v) is 11.5. The zero-order valence-electron chi connectivity index (χ0n) is 20.0. The summed E-state index contributed by atoms with van der Waals surface area (Å²) >= 11 is 0. The van der Waals surface area contributed by atoms with Gasteiger partial charge in [-0.05, 0) is 32.0 Å². The molecule has 13 heteroatoms. The summed E-state index contributed by atoms with van der Waals surface area (Å²) in [6, 6.07) is 0. The van der Waals surface area contributed by atoms with Crippen molar-refractivity contribution in [2.75, 3.05) is 31.9 Å². The number of rotatable bonds is 13. The quantitative estimate of drug-likeness (QED) is 0.192. The minimum Gasteiger partial charge on any atom is -0.382 e. The molecule has 2 aromatic rings. The highest BCUT2D eigenvalue weighted by Gasteiger charge is 2.40. The van der Waals surface area contributed by atoms with Gasteiger partial charge in [-0.1, -0.05) is 20.8 Å². The molecule has 0 aromatic carbocycles. The molecule has 0 fully saturated rings. The maximum absolute atomic E-state index is 12.6. The van der Waals surface area contributed by atoms with Crippen LogP contribution in [0.2, 0.25) is 18.1 Å². The highest BCUT2D eigenvalue weighted by molar-refractivity contribution is 7.53. The molecule has 0 aliphatic carbocycles. The molecule has 0 aliphatic heterocycles. The molecule has 2 heterocycles. The molecule has 32 heavy (non-hydrogen) atoms. The van der Waals surface area contributed by atoms with Crippen LogP contribution in [0.15, 0.2) is 12.7 Å². The fourth-order valence-electron chi connectivity index (χ4n) is 2.54. The highest BCUT2D eigenvalue weighted by atomic mass is 31.2. The largest absolute Gasteiger partial charge is 0.382 e. The minimum atomic E-state index is -3.28. The molecular weight excluding hydrogens is 453 g/mol. The van der Waals surface area contributed by atoms with Crippen molar-refractivity contribution in [3.05, 3.63) is 12.7 Å². The van der Waals surface area contributed by atoms with Gasteiger partial charge in [0.05, 0.1) is 19.8 Å². The molecule has 11 nitrogen and oxygen atoms in total. The number of anilines is 1. The Bertz CT molecular complexity index is 909. The highest BCUT2D eigenvalue weighted by Crippen LogP contribution is 2.47. The summed E-state index contributed by atoms with van der Waals surface area (Å²) in [5.41, 5.74) is 6.76. The standard InChI is InChI=1S/C19H36N5O6PSi/c1-8-27-31(25,28-9-2)14-26-11-10-15(30-32(6,7)19(3,4)5)29-24-13-23-16-17(20)21-12-22-18(16)24/h12-13,15H,8-11,14H2,1-7H3,(H2,20,21,22). The van der Waals surface area contributed by atoms with Crippen LogP contribution < -0.4 is 10.6 Å². The predicted octanol–water partition coefficient (Wildman–Crippen LogP) is 3.82. The molecule has 0 saturated heterocycles. The van der Waals surface area contributed by atoms with Gasteiger partial charge < -0.3 is 28.8 Å². The van der Waals surface area contributed by atoms with Crippen molar-refractivity contribution in [2.45, 2.75) is 65.5 Å². The van der Waals surface area contributed by atoms with Gasteiger partial charge >= 0.3 is 7.60 Å². The second-order valence-electron chi connectivity index (χ2n) is 8.69. The van der Waals surface area contributed by atoms with Crippen molar-refractivity contribution < 1.29 is 27.6 Å². The molecule has 2 N–H and O–H groups in total. The average molecular weight is 490 g/mol. The Morgan fingerprint density at radius 3 is 2.41 bits per heavy atom. The van der Waals surface area contributed by atoms with Gasteiger partial charge in [0.2, 0.25) is 11.9 Å². The van der Waals surface area contributed by atoms with Gasteiger partial charge in [0.15, 0.2) is 19.7 Å². The Morgan fingerprint density at radius 2 is 1.81 bits per heavy atom. The van der Waals surface area contributed by atoms with Crippen LogP contribution >= 0.6 is 7.60 Å². The van der Waals surface area contributed by atoms with E-state index in [2.05, 4.69) is 48.8 Å². The lowest BCUT2D eigenvalue weighted by Gasteiger charge is -2.38. The van der Waals surface area contributed by atoms with Gasteiger partial charge in [0.25, 0.3) is 0 Å². The van der Waals surface area contributed by atoms with Gasteiger partial charge in [-0.15, -0.1) is 4.73 Å². The Morgan fingerprint density at radius 1 is 1.16 bits per heavy atom. The lowest BCUT2D eigenvalue weighted by atomic mass is 10.2.